The molecular formula is C29H37N4O9P. The lowest BCUT2D eigenvalue weighted by Gasteiger charge is -2.28. The summed E-state index contributed by atoms with van der Waals surface area (Å²) in [5.41, 5.74) is 3.71. The summed E-state index contributed by atoms with van der Waals surface area (Å²) in [5, 5.41) is 24.9. The summed E-state index contributed by atoms with van der Waals surface area (Å²) < 4.78 is 38.2. The fraction of sp³-hybridized carbons (Fsp3) is 0.414. The van der Waals surface area contributed by atoms with Crippen LogP contribution < -0.4 is 21.0 Å². The highest BCUT2D eigenvalue weighted by molar-refractivity contribution is 7.52. The van der Waals surface area contributed by atoms with E-state index in [0.29, 0.717) is 6.42 Å². The molecule has 1 aromatic heterocycles. The number of nitrogens with zero attached hydrogens (tertiary/aromatic N) is 2. The number of esters is 1. The molecular weight excluding hydrogens is 579 g/mol. The zero-order chi connectivity index (χ0) is 31.2. The first-order chi connectivity index (χ1) is 20.4. The van der Waals surface area contributed by atoms with Crippen LogP contribution in [0.1, 0.15) is 32.6 Å². The van der Waals surface area contributed by atoms with Crippen LogP contribution in [-0.4, -0.2) is 62.8 Å². The first-order valence-corrected chi connectivity index (χ1v) is 15.3. The molecule has 0 amide bonds. The normalized spacial score (nSPS) is 23.9. The number of para-hydroxylation sites is 1. The van der Waals surface area contributed by atoms with E-state index in [1.165, 1.54) is 19.2 Å². The van der Waals surface area contributed by atoms with Gasteiger partial charge in [-0.2, -0.15) is 4.98 Å². The number of hydrogen-bond acceptors (Lipinski definition) is 11. The number of anilines is 1. The van der Waals surface area contributed by atoms with Crippen LogP contribution in [0, 0.1) is 5.92 Å². The van der Waals surface area contributed by atoms with E-state index in [-0.39, 0.29) is 24.1 Å². The topological polar surface area (TPSA) is 184 Å². The summed E-state index contributed by atoms with van der Waals surface area (Å²) in [4.78, 5) is 28.3. The minimum Gasteiger partial charge on any atom is -0.464 e. The molecule has 5 N–H and O–H groups in total. The van der Waals surface area contributed by atoms with Gasteiger partial charge in [-0.25, -0.2) is 14.4 Å². The fourth-order valence-electron chi connectivity index (χ4n) is 4.48. The number of carbonyl (C=O) groups excluding carboxylic acids is 1. The third-order valence-electron chi connectivity index (χ3n) is 6.80. The molecule has 13 nitrogen and oxygen atoms in total. The molecule has 0 bridgehead atoms. The molecule has 14 heteroatoms. The van der Waals surface area contributed by atoms with Crippen molar-refractivity contribution < 1.29 is 38.1 Å². The van der Waals surface area contributed by atoms with Crippen molar-refractivity contribution in [3.05, 3.63) is 89.0 Å². The molecule has 2 aromatic carbocycles. The summed E-state index contributed by atoms with van der Waals surface area (Å²) in [6, 6.07) is 18.3. The molecule has 1 unspecified atom stereocenters. The minimum atomic E-state index is -4.26. The number of rotatable bonds is 13. The second-order valence-corrected chi connectivity index (χ2v) is 12.4. The zero-order valence-electron chi connectivity index (χ0n) is 24.1. The number of benzene rings is 2. The second kappa shape index (κ2) is 13.8. The number of hydrogen-bond donors (Lipinski definition) is 4. The van der Waals surface area contributed by atoms with Crippen LogP contribution in [0.4, 0.5) is 5.82 Å². The second-order valence-electron chi connectivity index (χ2n) is 10.7. The highest BCUT2D eigenvalue weighted by Crippen LogP contribution is 2.47. The Kier molecular flexibility index (Phi) is 10.4. The van der Waals surface area contributed by atoms with Gasteiger partial charge in [-0.1, -0.05) is 62.4 Å². The van der Waals surface area contributed by atoms with E-state index >= 15 is 0 Å². The summed E-state index contributed by atoms with van der Waals surface area (Å²) in [6.45, 7) is 4.06. The molecule has 232 valence electrons. The Balaban J connectivity index is 1.57. The maximum absolute atomic E-state index is 14.3. The van der Waals surface area contributed by atoms with Crippen LogP contribution in [0.3, 0.4) is 0 Å². The molecule has 4 rings (SSSR count). The minimum absolute atomic E-state index is 0.0199. The van der Waals surface area contributed by atoms with E-state index in [0.717, 1.165) is 10.1 Å². The van der Waals surface area contributed by atoms with E-state index < -0.39 is 56.1 Å². The van der Waals surface area contributed by atoms with Crippen molar-refractivity contribution in [1.82, 2.24) is 14.6 Å². The molecule has 1 aliphatic heterocycles. The number of nitrogens with one attached hydrogen (secondary N) is 1. The molecule has 0 aliphatic carbocycles. The van der Waals surface area contributed by atoms with E-state index in [1.54, 1.807) is 44.2 Å². The largest absolute Gasteiger partial charge is 0.464 e. The average Bonchev–Trinajstić information content (AvgIpc) is 3.19. The van der Waals surface area contributed by atoms with Crippen molar-refractivity contribution in [3.63, 3.8) is 0 Å². The fourth-order valence-corrected chi connectivity index (χ4v) is 6.01. The lowest BCUT2D eigenvalue weighted by Crippen LogP contribution is -2.46. The van der Waals surface area contributed by atoms with Gasteiger partial charge in [0.25, 0.3) is 0 Å². The molecule has 43 heavy (non-hydrogen) atoms. The van der Waals surface area contributed by atoms with Crippen molar-refractivity contribution in [2.75, 3.05) is 18.9 Å². The van der Waals surface area contributed by atoms with Gasteiger partial charge in [0.15, 0.2) is 6.23 Å². The Bertz CT molecular complexity index is 1470. The summed E-state index contributed by atoms with van der Waals surface area (Å²) in [5.74, 6) is -0.587. The summed E-state index contributed by atoms with van der Waals surface area (Å²) in [6.07, 6.45) is -2.54. The van der Waals surface area contributed by atoms with Crippen LogP contribution in [0.25, 0.3) is 0 Å². The van der Waals surface area contributed by atoms with Gasteiger partial charge < -0.3 is 29.9 Å². The van der Waals surface area contributed by atoms with Crippen molar-refractivity contribution in [1.29, 1.82) is 0 Å². The first-order valence-electron chi connectivity index (χ1n) is 13.8. The monoisotopic (exact) mass is 616 g/mol. The van der Waals surface area contributed by atoms with Crippen LogP contribution in [0.5, 0.6) is 5.75 Å². The smallest absolute Gasteiger partial charge is 0.459 e. The van der Waals surface area contributed by atoms with Gasteiger partial charge in [0, 0.05) is 6.20 Å². The Hall–Kier alpha value is -3.58. The molecule has 3 aromatic rings. The van der Waals surface area contributed by atoms with E-state index in [9.17, 15) is 24.4 Å². The van der Waals surface area contributed by atoms with Gasteiger partial charge in [-0.15, -0.1) is 0 Å². The van der Waals surface area contributed by atoms with Crippen molar-refractivity contribution in [2.45, 2.75) is 57.3 Å². The third-order valence-corrected chi connectivity index (χ3v) is 8.42. The van der Waals surface area contributed by atoms with Crippen LogP contribution in [0.15, 0.2) is 77.7 Å². The quantitative estimate of drug-likeness (QED) is 0.163. The lowest BCUT2D eigenvalue weighted by molar-refractivity contribution is -0.148. The lowest BCUT2D eigenvalue weighted by atomic mass is 9.96. The van der Waals surface area contributed by atoms with Gasteiger partial charge in [-0.3, -0.25) is 13.9 Å². The third kappa shape index (κ3) is 8.29. The number of carbonyl (C=O) groups is 1. The maximum atomic E-state index is 14.3. The number of aromatic nitrogens is 2. The standard InChI is InChI=1S/C29H37N4O9P/c1-19(2)26(35)39-17-21(16-20-10-6-4-7-11-20)32-43(38,42-22-12-8-5-9-13-22)40-18-23-25(34)29(3,37)27(41-23)33-15-14-24(30)31-28(33)36/h4-15,19,21,23,25,27,34,37H,16-18H2,1-3H3,(H,32,38)(H2,30,31,36)/t21-,23+,25+,27+,29+,43?/m0/s1. The van der Waals surface area contributed by atoms with E-state index in [1.807, 2.05) is 30.3 Å². The van der Waals surface area contributed by atoms with Crippen LogP contribution in [-0.2, 0) is 29.8 Å². The predicted molar refractivity (Wildman–Crippen MR) is 157 cm³/mol. The highest BCUT2D eigenvalue weighted by atomic mass is 31.2. The number of nitrogens with two attached hydrogens (primary N) is 1. The Labute approximate surface area is 249 Å². The molecule has 2 heterocycles. The Morgan fingerprint density at radius 3 is 2.44 bits per heavy atom. The van der Waals surface area contributed by atoms with Crippen LogP contribution in [0.2, 0.25) is 0 Å². The first kappa shape index (κ1) is 32.3. The maximum Gasteiger partial charge on any atom is 0.459 e. The molecule has 0 saturated carbocycles. The predicted octanol–water partition coefficient (Wildman–Crippen LogP) is 2.44. The number of ether oxygens (including phenoxy) is 2. The van der Waals surface area contributed by atoms with E-state index in [2.05, 4.69) is 10.1 Å². The van der Waals surface area contributed by atoms with Crippen LogP contribution >= 0.6 is 7.75 Å². The summed E-state index contributed by atoms with van der Waals surface area (Å²) >= 11 is 0. The van der Waals surface area contributed by atoms with Crippen molar-refractivity contribution in [3.8, 4) is 5.75 Å². The number of aliphatic hydroxyl groups is 2. The molecule has 1 fully saturated rings. The van der Waals surface area contributed by atoms with Gasteiger partial charge in [0.1, 0.15) is 36.0 Å². The van der Waals surface area contributed by atoms with E-state index in [4.69, 9.17) is 24.3 Å². The van der Waals surface area contributed by atoms with Gasteiger partial charge in [-0.05, 0) is 37.1 Å². The zero-order valence-corrected chi connectivity index (χ0v) is 25.0. The van der Waals surface area contributed by atoms with Crippen molar-refractivity contribution in [2.24, 2.45) is 5.92 Å². The molecule has 1 saturated heterocycles. The van der Waals surface area contributed by atoms with Crippen molar-refractivity contribution >= 4 is 19.5 Å². The Morgan fingerprint density at radius 1 is 1.16 bits per heavy atom. The number of aliphatic hydroxyl groups excluding tert-OH is 1. The van der Waals surface area contributed by atoms with Gasteiger partial charge in [0.2, 0.25) is 0 Å². The average molecular weight is 617 g/mol. The SMILES string of the molecule is CC(C)C(=O)OC[C@H](Cc1ccccc1)NP(=O)(OC[C@H]1O[C@@H](n2ccc(N)nc2=O)[C@](C)(O)[C@@H]1O)Oc1ccccc1. The van der Waals surface area contributed by atoms with Gasteiger partial charge >= 0.3 is 19.4 Å². The number of nitrogen functional groups attached to an aromatic ring is 1. The molecule has 6 atom stereocenters. The highest BCUT2D eigenvalue weighted by Gasteiger charge is 2.54. The molecule has 1 aliphatic rings. The molecule has 0 radical (unpaired) electrons. The Morgan fingerprint density at radius 2 is 1.81 bits per heavy atom. The summed E-state index contributed by atoms with van der Waals surface area (Å²) in [7, 11) is -4.26. The molecule has 0 spiro atoms. The van der Waals surface area contributed by atoms with Gasteiger partial charge in [0.05, 0.1) is 18.6 Å².